The molecule has 1 aromatic carbocycles. The van der Waals surface area contributed by atoms with Crippen LogP contribution >= 0.6 is 11.3 Å². The molecule has 8 nitrogen and oxygen atoms in total. The summed E-state index contributed by atoms with van der Waals surface area (Å²) in [7, 11) is 0. The normalized spacial score (nSPS) is 14.0. The number of urea groups is 1. The van der Waals surface area contributed by atoms with Crippen molar-refractivity contribution < 1.29 is 23.9 Å². The Hall–Kier alpha value is -2.52. The van der Waals surface area contributed by atoms with E-state index in [4.69, 9.17) is 9.47 Å². The first-order valence-electron chi connectivity index (χ1n) is 7.29. The van der Waals surface area contributed by atoms with Gasteiger partial charge in [0.1, 0.15) is 11.6 Å². The van der Waals surface area contributed by atoms with E-state index in [1.165, 1.54) is 11.3 Å². The van der Waals surface area contributed by atoms with Crippen LogP contribution < -0.4 is 5.32 Å². The minimum atomic E-state index is -0.663. The van der Waals surface area contributed by atoms with Crippen molar-refractivity contribution in [2.45, 2.75) is 6.61 Å². The molecule has 0 atom stereocenters. The van der Waals surface area contributed by atoms with Gasteiger partial charge in [-0.3, -0.25) is 9.69 Å². The number of nitrogens with one attached hydrogen (secondary N) is 1. The first-order valence-corrected chi connectivity index (χ1v) is 8.11. The first kappa shape index (κ1) is 16.3. The highest BCUT2D eigenvalue weighted by Gasteiger charge is 2.26. The average Bonchev–Trinajstić information content (AvgIpc) is 3.18. The Bertz CT molecular complexity index is 742. The Labute approximate surface area is 141 Å². The largest absolute Gasteiger partial charge is 0.454 e. The van der Waals surface area contributed by atoms with Gasteiger partial charge in [0, 0.05) is 13.1 Å². The van der Waals surface area contributed by atoms with Crippen molar-refractivity contribution in [2.24, 2.45) is 0 Å². The third-order valence-electron chi connectivity index (χ3n) is 3.30. The van der Waals surface area contributed by atoms with Crippen molar-refractivity contribution in [3.05, 3.63) is 29.3 Å². The second-order valence-corrected chi connectivity index (χ2v) is 6.12. The number of thiazole rings is 1. The first-order chi connectivity index (χ1) is 11.6. The van der Waals surface area contributed by atoms with Crippen LogP contribution in [0.1, 0.15) is 5.01 Å². The Morgan fingerprint density at radius 2 is 2.12 bits per heavy atom. The van der Waals surface area contributed by atoms with Gasteiger partial charge in [-0.05, 0) is 12.1 Å². The highest BCUT2D eigenvalue weighted by atomic mass is 32.1. The van der Waals surface area contributed by atoms with Crippen molar-refractivity contribution in [1.82, 2.24) is 15.2 Å². The van der Waals surface area contributed by atoms with E-state index in [2.05, 4.69) is 10.3 Å². The molecule has 1 aliphatic heterocycles. The standard InChI is InChI=1S/C15H15N3O5S/c19-13(18-6-5-16-15(18)21)8-23-14(20)9-22-7-12-17-10-3-1-2-4-11(10)24-12/h1-4H,5-9H2,(H,16,21). The second kappa shape index (κ2) is 7.37. The van der Waals surface area contributed by atoms with Gasteiger partial charge in [-0.15, -0.1) is 11.3 Å². The topological polar surface area (TPSA) is 97.8 Å². The van der Waals surface area contributed by atoms with Crippen LogP contribution in [0.4, 0.5) is 4.79 Å². The molecule has 1 aromatic heterocycles. The van der Waals surface area contributed by atoms with Gasteiger partial charge in [-0.25, -0.2) is 14.6 Å². The van der Waals surface area contributed by atoms with E-state index in [0.717, 1.165) is 20.1 Å². The number of carbonyl (C=O) groups excluding carboxylic acids is 3. The molecule has 0 spiro atoms. The number of hydrogen-bond donors (Lipinski definition) is 1. The summed E-state index contributed by atoms with van der Waals surface area (Å²) >= 11 is 1.49. The lowest BCUT2D eigenvalue weighted by Gasteiger charge is -2.12. The summed E-state index contributed by atoms with van der Waals surface area (Å²) < 4.78 is 11.1. The molecular formula is C15H15N3O5S. The molecule has 0 aliphatic carbocycles. The van der Waals surface area contributed by atoms with Crippen LogP contribution in [-0.4, -0.2) is 54.1 Å². The molecular weight excluding hydrogens is 334 g/mol. The quantitative estimate of drug-likeness (QED) is 0.779. The minimum absolute atomic E-state index is 0.191. The van der Waals surface area contributed by atoms with Crippen molar-refractivity contribution in [1.29, 1.82) is 0 Å². The van der Waals surface area contributed by atoms with E-state index in [0.29, 0.717) is 6.54 Å². The summed E-state index contributed by atoms with van der Waals surface area (Å²) in [5.41, 5.74) is 0.887. The predicted octanol–water partition coefficient (Wildman–Crippen LogP) is 0.908. The van der Waals surface area contributed by atoms with Crippen LogP contribution in [0.3, 0.4) is 0 Å². The van der Waals surface area contributed by atoms with E-state index >= 15 is 0 Å². The van der Waals surface area contributed by atoms with Crippen molar-refractivity contribution in [3.8, 4) is 0 Å². The number of hydrogen-bond acceptors (Lipinski definition) is 7. The Kier molecular flexibility index (Phi) is 5.02. The summed E-state index contributed by atoms with van der Waals surface area (Å²) in [6.07, 6.45) is 0. The molecule has 0 unspecified atom stereocenters. The fourth-order valence-electron chi connectivity index (χ4n) is 2.17. The Balaban J connectivity index is 1.39. The molecule has 3 rings (SSSR count). The van der Waals surface area contributed by atoms with Crippen molar-refractivity contribution >= 4 is 39.5 Å². The fourth-order valence-corrected chi connectivity index (χ4v) is 3.08. The number of ether oxygens (including phenoxy) is 2. The number of nitrogens with zero attached hydrogens (tertiary/aromatic N) is 2. The lowest BCUT2D eigenvalue weighted by Crippen LogP contribution is -2.37. The van der Waals surface area contributed by atoms with E-state index in [1.54, 1.807) is 0 Å². The monoisotopic (exact) mass is 349 g/mol. The van der Waals surface area contributed by atoms with E-state index in [9.17, 15) is 14.4 Å². The molecule has 9 heteroatoms. The lowest BCUT2D eigenvalue weighted by atomic mass is 10.3. The van der Waals surface area contributed by atoms with E-state index < -0.39 is 24.5 Å². The third-order valence-corrected chi connectivity index (χ3v) is 4.31. The van der Waals surface area contributed by atoms with Gasteiger partial charge in [-0.1, -0.05) is 12.1 Å². The van der Waals surface area contributed by atoms with E-state index in [1.807, 2.05) is 24.3 Å². The molecule has 1 N–H and O–H groups in total. The molecule has 1 fully saturated rings. The molecule has 1 saturated heterocycles. The second-order valence-electron chi connectivity index (χ2n) is 5.01. The zero-order valence-electron chi connectivity index (χ0n) is 12.7. The Morgan fingerprint density at radius 3 is 2.88 bits per heavy atom. The van der Waals surface area contributed by atoms with Gasteiger partial charge in [0.25, 0.3) is 5.91 Å². The van der Waals surface area contributed by atoms with Crippen LogP contribution in [0.25, 0.3) is 10.2 Å². The van der Waals surface area contributed by atoms with Crippen molar-refractivity contribution in [2.75, 3.05) is 26.3 Å². The molecule has 3 amide bonds. The highest BCUT2D eigenvalue weighted by molar-refractivity contribution is 7.18. The smallest absolute Gasteiger partial charge is 0.332 e. The molecule has 126 valence electrons. The number of esters is 1. The minimum Gasteiger partial charge on any atom is -0.454 e. The molecule has 0 saturated carbocycles. The number of carbonyl (C=O) groups is 3. The molecule has 0 bridgehead atoms. The predicted molar refractivity (Wildman–Crippen MR) is 85.3 cm³/mol. The Morgan fingerprint density at radius 1 is 1.29 bits per heavy atom. The van der Waals surface area contributed by atoms with Crippen molar-refractivity contribution in [3.63, 3.8) is 0 Å². The van der Waals surface area contributed by atoms with Gasteiger partial charge in [0.15, 0.2) is 6.61 Å². The van der Waals surface area contributed by atoms with Crippen LogP contribution in [0.2, 0.25) is 0 Å². The highest BCUT2D eigenvalue weighted by Crippen LogP contribution is 2.21. The van der Waals surface area contributed by atoms with Gasteiger partial charge in [0.05, 0.1) is 16.8 Å². The summed E-state index contributed by atoms with van der Waals surface area (Å²) in [6, 6.07) is 7.24. The molecule has 1 aliphatic rings. The van der Waals surface area contributed by atoms with Gasteiger partial charge < -0.3 is 14.8 Å². The number of rotatable bonds is 6. The van der Waals surface area contributed by atoms with Crippen LogP contribution in [0.5, 0.6) is 0 Å². The average molecular weight is 349 g/mol. The van der Waals surface area contributed by atoms with E-state index in [-0.39, 0.29) is 19.8 Å². The maximum Gasteiger partial charge on any atom is 0.332 e. The van der Waals surface area contributed by atoms with Crippen LogP contribution in [0.15, 0.2) is 24.3 Å². The van der Waals surface area contributed by atoms with Crippen LogP contribution in [-0.2, 0) is 25.7 Å². The SMILES string of the molecule is O=C(COCc1nc2ccccc2s1)OCC(=O)N1CCNC1=O. The number of para-hydroxylation sites is 1. The van der Waals surface area contributed by atoms with Crippen LogP contribution in [0, 0.1) is 0 Å². The maximum absolute atomic E-state index is 11.7. The number of fused-ring (bicyclic) bond motifs is 1. The zero-order valence-corrected chi connectivity index (χ0v) is 13.5. The molecule has 2 heterocycles. The summed E-state index contributed by atoms with van der Waals surface area (Å²) in [6.45, 7) is 0.121. The summed E-state index contributed by atoms with van der Waals surface area (Å²) in [5, 5.41) is 3.25. The molecule has 24 heavy (non-hydrogen) atoms. The number of benzene rings is 1. The maximum atomic E-state index is 11.7. The summed E-state index contributed by atoms with van der Waals surface area (Å²) in [5.74, 6) is -1.21. The lowest BCUT2D eigenvalue weighted by molar-refractivity contribution is -0.155. The van der Waals surface area contributed by atoms with Gasteiger partial charge >= 0.3 is 12.0 Å². The third kappa shape index (κ3) is 3.87. The summed E-state index contributed by atoms with van der Waals surface area (Å²) in [4.78, 5) is 39.9. The van der Waals surface area contributed by atoms with Gasteiger partial charge in [0.2, 0.25) is 0 Å². The molecule has 2 aromatic rings. The molecule has 0 radical (unpaired) electrons. The zero-order chi connectivity index (χ0) is 16.9. The number of imide groups is 1. The number of amides is 3. The number of aromatic nitrogens is 1. The fraction of sp³-hybridized carbons (Fsp3) is 0.333. The van der Waals surface area contributed by atoms with Gasteiger partial charge in [-0.2, -0.15) is 0 Å².